The molecule has 1 aromatic carbocycles. The van der Waals surface area contributed by atoms with Crippen LogP contribution in [0.1, 0.15) is 26.7 Å². The number of benzene rings is 1. The number of hydrogen-bond donors (Lipinski definition) is 2. The average molecular weight is 390 g/mol. The fourth-order valence-corrected chi connectivity index (χ4v) is 3.61. The molecule has 1 aromatic rings. The maximum atomic E-state index is 12.8. The third-order valence-corrected chi connectivity index (χ3v) is 5.38. The van der Waals surface area contributed by atoms with Crippen molar-refractivity contribution in [1.82, 2.24) is 10.6 Å². The van der Waals surface area contributed by atoms with E-state index in [0.717, 1.165) is 23.6 Å². The molecule has 25 heavy (non-hydrogen) atoms. The van der Waals surface area contributed by atoms with Crippen LogP contribution >= 0.6 is 11.8 Å². The molecule has 2 N–H and O–H groups in total. The SMILES string of the molecule is CCNC(=NCCCSc1ccc(F)cc1)NC(C)CCS(C)(=O)=O. The van der Waals surface area contributed by atoms with Crippen molar-refractivity contribution >= 4 is 27.6 Å². The van der Waals surface area contributed by atoms with Gasteiger partial charge in [-0.15, -0.1) is 11.8 Å². The number of guanidine groups is 1. The van der Waals surface area contributed by atoms with E-state index in [4.69, 9.17) is 0 Å². The number of sulfone groups is 1. The molecule has 0 bridgehead atoms. The third-order valence-electron chi connectivity index (χ3n) is 3.30. The lowest BCUT2D eigenvalue weighted by molar-refractivity contribution is 0.581. The molecule has 0 heterocycles. The highest BCUT2D eigenvalue weighted by atomic mass is 32.2. The molecule has 0 saturated carbocycles. The first-order chi connectivity index (χ1) is 11.8. The zero-order chi connectivity index (χ0) is 18.7. The molecule has 1 rings (SSSR count). The Morgan fingerprint density at radius 2 is 2.00 bits per heavy atom. The Balaban J connectivity index is 2.35. The highest BCUT2D eigenvalue weighted by molar-refractivity contribution is 7.99. The Morgan fingerprint density at radius 3 is 2.60 bits per heavy atom. The van der Waals surface area contributed by atoms with Crippen LogP contribution in [-0.2, 0) is 9.84 Å². The maximum Gasteiger partial charge on any atom is 0.191 e. The molecule has 0 fully saturated rings. The molecule has 0 aromatic heterocycles. The Kier molecular flexibility index (Phi) is 9.89. The van der Waals surface area contributed by atoms with Gasteiger partial charge in [0.2, 0.25) is 0 Å². The quantitative estimate of drug-likeness (QED) is 0.279. The van der Waals surface area contributed by atoms with Crippen LogP contribution in [0, 0.1) is 5.82 Å². The van der Waals surface area contributed by atoms with Gasteiger partial charge in [0.25, 0.3) is 0 Å². The van der Waals surface area contributed by atoms with Gasteiger partial charge < -0.3 is 10.6 Å². The van der Waals surface area contributed by atoms with E-state index < -0.39 is 9.84 Å². The molecule has 0 spiro atoms. The number of thioether (sulfide) groups is 1. The van der Waals surface area contributed by atoms with Crippen LogP contribution in [0.3, 0.4) is 0 Å². The second-order valence-electron chi connectivity index (χ2n) is 5.88. The van der Waals surface area contributed by atoms with Crippen molar-refractivity contribution in [1.29, 1.82) is 0 Å². The van der Waals surface area contributed by atoms with Gasteiger partial charge in [-0.05, 0) is 56.7 Å². The van der Waals surface area contributed by atoms with E-state index in [1.54, 1.807) is 23.9 Å². The lowest BCUT2D eigenvalue weighted by atomic mass is 10.3. The van der Waals surface area contributed by atoms with Crippen molar-refractivity contribution in [3.63, 3.8) is 0 Å². The number of rotatable bonds is 10. The number of nitrogens with zero attached hydrogens (tertiary/aromatic N) is 1. The first kappa shape index (κ1) is 21.8. The molecule has 5 nitrogen and oxygen atoms in total. The number of halogens is 1. The Hall–Kier alpha value is -1.28. The summed E-state index contributed by atoms with van der Waals surface area (Å²) in [6.07, 6.45) is 2.69. The summed E-state index contributed by atoms with van der Waals surface area (Å²) < 4.78 is 35.3. The van der Waals surface area contributed by atoms with Crippen LogP contribution in [0.25, 0.3) is 0 Å². The van der Waals surface area contributed by atoms with E-state index in [0.29, 0.717) is 18.9 Å². The summed E-state index contributed by atoms with van der Waals surface area (Å²) in [7, 11) is -2.95. The van der Waals surface area contributed by atoms with Gasteiger partial charge in [0.15, 0.2) is 5.96 Å². The molecule has 8 heteroatoms. The van der Waals surface area contributed by atoms with Crippen molar-refractivity contribution in [3.05, 3.63) is 30.1 Å². The fourth-order valence-electron chi connectivity index (χ4n) is 1.99. The van der Waals surface area contributed by atoms with Crippen LogP contribution in [0.4, 0.5) is 4.39 Å². The van der Waals surface area contributed by atoms with Crippen LogP contribution in [0.15, 0.2) is 34.2 Å². The summed E-state index contributed by atoms with van der Waals surface area (Å²) in [4.78, 5) is 5.56. The minimum atomic E-state index is -2.95. The summed E-state index contributed by atoms with van der Waals surface area (Å²) in [6, 6.07) is 6.51. The van der Waals surface area contributed by atoms with Crippen molar-refractivity contribution in [2.45, 2.75) is 37.6 Å². The van der Waals surface area contributed by atoms with Crippen LogP contribution in [0.2, 0.25) is 0 Å². The molecule has 0 aliphatic rings. The fraction of sp³-hybridized carbons (Fsp3) is 0.588. The molecule has 1 atom stereocenters. The maximum absolute atomic E-state index is 12.8. The molecule has 0 saturated heterocycles. The summed E-state index contributed by atoms with van der Waals surface area (Å²) in [5.74, 6) is 1.54. The predicted molar refractivity (Wildman–Crippen MR) is 105 cm³/mol. The van der Waals surface area contributed by atoms with Gasteiger partial charge in [-0.25, -0.2) is 12.8 Å². The highest BCUT2D eigenvalue weighted by Crippen LogP contribution is 2.18. The van der Waals surface area contributed by atoms with Crippen LogP contribution in [-0.4, -0.2) is 51.3 Å². The minimum absolute atomic E-state index is 0.0288. The lowest BCUT2D eigenvalue weighted by Crippen LogP contribution is -2.42. The van der Waals surface area contributed by atoms with Gasteiger partial charge in [-0.1, -0.05) is 0 Å². The molecule has 1 unspecified atom stereocenters. The molecule has 142 valence electrons. The lowest BCUT2D eigenvalue weighted by Gasteiger charge is -2.17. The molecular weight excluding hydrogens is 361 g/mol. The van der Waals surface area contributed by atoms with Crippen LogP contribution < -0.4 is 10.6 Å². The second-order valence-corrected chi connectivity index (χ2v) is 9.31. The second kappa shape index (κ2) is 11.4. The first-order valence-electron chi connectivity index (χ1n) is 8.41. The summed E-state index contributed by atoms with van der Waals surface area (Å²) >= 11 is 1.68. The van der Waals surface area contributed by atoms with E-state index in [1.165, 1.54) is 18.4 Å². The summed E-state index contributed by atoms with van der Waals surface area (Å²) in [5, 5.41) is 6.40. The molecule has 0 amide bonds. The monoisotopic (exact) mass is 389 g/mol. The molecule has 0 aliphatic carbocycles. The third kappa shape index (κ3) is 11.0. The largest absolute Gasteiger partial charge is 0.357 e. The average Bonchev–Trinajstić information content (AvgIpc) is 2.54. The van der Waals surface area contributed by atoms with Crippen LogP contribution in [0.5, 0.6) is 0 Å². The molecular formula is C17H28FN3O2S2. The number of nitrogens with one attached hydrogen (secondary N) is 2. The van der Waals surface area contributed by atoms with Crippen molar-refractivity contribution < 1.29 is 12.8 Å². The van der Waals surface area contributed by atoms with E-state index in [9.17, 15) is 12.8 Å². The summed E-state index contributed by atoms with van der Waals surface area (Å²) in [6.45, 7) is 5.35. The Bertz CT molecular complexity index is 634. The minimum Gasteiger partial charge on any atom is -0.357 e. The van der Waals surface area contributed by atoms with Gasteiger partial charge in [0.1, 0.15) is 15.7 Å². The molecule has 0 aliphatic heterocycles. The summed E-state index contributed by atoms with van der Waals surface area (Å²) in [5.41, 5.74) is 0. The van der Waals surface area contributed by atoms with E-state index >= 15 is 0 Å². The van der Waals surface area contributed by atoms with Crippen molar-refractivity contribution in [3.8, 4) is 0 Å². The standard InChI is InChI=1S/C17H28FN3O2S2/c1-4-19-17(21-14(2)10-13-25(3,22)23)20-11-5-12-24-16-8-6-15(18)7-9-16/h6-9,14H,4-5,10-13H2,1-3H3,(H2,19,20,21). The van der Waals surface area contributed by atoms with Gasteiger partial charge in [0.05, 0.1) is 5.75 Å². The number of hydrogen-bond acceptors (Lipinski definition) is 4. The number of aliphatic imine (C=N–C) groups is 1. The predicted octanol–water partition coefficient (Wildman–Crippen LogP) is 2.69. The normalized spacial score (nSPS) is 13.5. The highest BCUT2D eigenvalue weighted by Gasteiger charge is 2.09. The van der Waals surface area contributed by atoms with E-state index in [-0.39, 0.29) is 17.6 Å². The van der Waals surface area contributed by atoms with Gasteiger partial charge in [-0.2, -0.15) is 0 Å². The van der Waals surface area contributed by atoms with Crippen molar-refractivity contribution in [2.24, 2.45) is 4.99 Å². The topological polar surface area (TPSA) is 70.6 Å². The first-order valence-corrected chi connectivity index (χ1v) is 11.5. The Morgan fingerprint density at radius 1 is 1.32 bits per heavy atom. The van der Waals surface area contributed by atoms with E-state index in [2.05, 4.69) is 15.6 Å². The van der Waals surface area contributed by atoms with E-state index in [1.807, 2.05) is 13.8 Å². The molecule has 0 radical (unpaired) electrons. The van der Waals surface area contributed by atoms with Gasteiger partial charge in [-0.3, -0.25) is 4.99 Å². The Labute approximate surface area is 154 Å². The smallest absolute Gasteiger partial charge is 0.191 e. The zero-order valence-corrected chi connectivity index (χ0v) is 16.7. The zero-order valence-electron chi connectivity index (χ0n) is 15.1. The van der Waals surface area contributed by atoms with Crippen molar-refractivity contribution in [2.75, 3.05) is 30.9 Å². The van der Waals surface area contributed by atoms with Gasteiger partial charge >= 0.3 is 0 Å². The van der Waals surface area contributed by atoms with Gasteiger partial charge in [0, 0.05) is 30.3 Å².